The number of thioether (sulfide) groups is 1. The molecule has 0 saturated carbocycles. The minimum Gasteiger partial charge on any atom is -0.350 e. The molecule has 2 aliphatic heterocycles. The van der Waals surface area contributed by atoms with Crippen LogP contribution in [0.4, 0.5) is 0 Å². The second-order valence-corrected chi connectivity index (χ2v) is 8.01. The Morgan fingerprint density at radius 3 is 3.04 bits per heavy atom. The maximum Gasteiger partial charge on any atom is 0.261 e. The van der Waals surface area contributed by atoms with Gasteiger partial charge in [-0.1, -0.05) is 33.8 Å². The Hall–Kier alpha value is -2.19. The maximum atomic E-state index is 12.5. The predicted molar refractivity (Wildman–Crippen MR) is 107 cm³/mol. The molecule has 0 radical (unpaired) electrons. The molecule has 0 bridgehead atoms. The van der Waals surface area contributed by atoms with Crippen molar-refractivity contribution in [2.75, 3.05) is 6.54 Å². The van der Waals surface area contributed by atoms with Gasteiger partial charge in [-0.2, -0.15) is 0 Å². The SMILES string of the molecule is CC1=C(C(=O)NCCn2ccc3ccc(Br)cc32)SC2=NC=NC(=O)C21. The summed E-state index contributed by atoms with van der Waals surface area (Å²) in [6.45, 7) is 2.95. The van der Waals surface area contributed by atoms with Crippen LogP contribution in [-0.4, -0.2) is 34.3 Å². The molecule has 4 rings (SSSR count). The lowest BCUT2D eigenvalue weighted by molar-refractivity contribution is -0.118. The molecule has 2 amide bonds. The molecule has 132 valence electrons. The quantitative estimate of drug-likeness (QED) is 0.809. The van der Waals surface area contributed by atoms with E-state index in [9.17, 15) is 9.59 Å². The third kappa shape index (κ3) is 3.03. The summed E-state index contributed by atoms with van der Waals surface area (Å²) < 4.78 is 3.12. The number of nitrogens with zero attached hydrogens (tertiary/aromatic N) is 3. The lowest BCUT2D eigenvalue weighted by Crippen LogP contribution is -2.27. The van der Waals surface area contributed by atoms with Gasteiger partial charge in [0.2, 0.25) is 0 Å². The van der Waals surface area contributed by atoms with Gasteiger partial charge in [-0.15, -0.1) is 0 Å². The van der Waals surface area contributed by atoms with Gasteiger partial charge in [0.25, 0.3) is 11.8 Å². The average Bonchev–Trinajstić information content (AvgIpc) is 3.17. The molecular formula is C18H15BrN4O2S. The highest BCUT2D eigenvalue weighted by Crippen LogP contribution is 2.39. The van der Waals surface area contributed by atoms with Crippen molar-refractivity contribution < 1.29 is 9.59 Å². The molecule has 6 nitrogen and oxygen atoms in total. The Labute approximate surface area is 162 Å². The Morgan fingerprint density at radius 1 is 1.38 bits per heavy atom. The number of aromatic nitrogens is 1. The number of fused-ring (bicyclic) bond motifs is 2. The van der Waals surface area contributed by atoms with Crippen LogP contribution in [0, 0.1) is 5.92 Å². The highest BCUT2D eigenvalue weighted by molar-refractivity contribution is 9.10. The molecule has 2 aliphatic rings. The first-order valence-corrected chi connectivity index (χ1v) is 9.71. The van der Waals surface area contributed by atoms with Gasteiger partial charge in [0.1, 0.15) is 12.3 Å². The van der Waals surface area contributed by atoms with Crippen LogP contribution in [0.1, 0.15) is 6.92 Å². The Balaban J connectivity index is 1.43. The number of carbonyl (C=O) groups excluding carboxylic acids is 2. The first-order valence-electron chi connectivity index (χ1n) is 8.10. The molecule has 0 fully saturated rings. The summed E-state index contributed by atoms with van der Waals surface area (Å²) in [4.78, 5) is 32.8. The van der Waals surface area contributed by atoms with E-state index in [1.807, 2.05) is 12.3 Å². The Morgan fingerprint density at radius 2 is 2.23 bits per heavy atom. The number of rotatable bonds is 4. The van der Waals surface area contributed by atoms with Crippen molar-refractivity contribution in [3.8, 4) is 0 Å². The van der Waals surface area contributed by atoms with Gasteiger partial charge in [-0.25, -0.2) is 9.98 Å². The van der Waals surface area contributed by atoms with Crippen molar-refractivity contribution in [1.82, 2.24) is 9.88 Å². The molecule has 0 saturated heterocycles. The van der Waals surface area contributed by atoms with Gasteiger partial charge in [-0.05, 0) is 36.1 Å². The minimum atomic E-state index is -0.489. The zero-order valence-electron chi connectivity index (χ0n) is 13.9. The first kappa shape index (κ1) is 17.2. The monoisotopic (exact) mass is 430 g/mol. The number of carbonyl (C=O) groups is 2. The van der Waals surface area contributed by atoms with E-state index in [0.717, 1.165) is 20.9 Å². The van der Waals surface area contributed by atoms with Crippen molar-refractivity contribution in [3.05, 3.63) is 45.4 Å². The second-order valence-electron chi connectivity index (χ2n) is 6.07. The van der Waals surface area contributed by atoms with Crippen molar-refractivity contribution in [1.29, 1.82) is 0 Å². The van der Waals surface area contributed by atoms with E-state index in [1.165, 1.54) is 18.1 Å². The first-order chi connectivity index (χ1) is 12.5. The maximum absolute atomic E-state index is 12.5. The average molecular weight is 431 g/mol. The zero-order chi connectivity index (χ0) is 18.3. The highest BCUT2D eigenvalue weighted by atomic mass is 79.9. The smallest absolute Gasteiger partial charge is 0.261 e. The van der Waals surface area contributed by atoms with Gasteiger partial charge >= 0.3 is 0 Å². The fourth-order valence-electron chi connectivity index (χ4n) is 3.12. The fraction of sp³-hybridized carbons (Fsp3) is 0.222. The molecule has 1 N–H and O–H groups in total. The molecule has 1 aromatic heterocycles. The number of hydrogen-bond acceptors (Lipinski definition) is 4. The number of aliphatic imine (C=N–C) groups is 2. The molecule has 0 aliphatic carbocycles. The lowest BCUT2D eigenvalue weighted by Gasteiger charge is -2.09. The van der Waals surface area contributed by atoms with Crippen molar-refractivity contribution in [2.45, 2.75) is 13.5 Å². The number of halogens is 1. The third-order valence-electron chi connectivity index (χ3n) is 4.44. The van der Waals surface area contributed by atoms with Crippen LogP contribution in [0.3, 0.4) is 0 Å². The van der Waals surface area contributed by atoms with E-state index in [1.54, 1.807) is 6.92 Å². The third-order valence-corrected chi connectivity index (χ3v) is 6.20. The molecule has 0 spiro atoms. The van der Waals surface area contributed by atoms with Crippen molar-refractivity contribution in [3.63, 3.8) is 0 Å². The van der Waals surface area contributed by atoms with Crippen LogP contribution in [-0.2, 0) is 16.1 Å². The molecular weight excluding hydrogens is 416 g/mol. The zero-order valence-corrected chi connectivity index (χ0v) is 16.3. The van der Waals surface area contributed by atoms with E-state index < -0.39 is 5.92 Å². The van der Waals surface area contributed by atoms with Gasteiger partial charge in [0.05, 0.1) is 9.95 Å². The molecule has 1 atom stereocenters. The summed E-state index contributed by atoms with van der Waals surface area (Å²) in [5.41, 5.74) is 1.84. The molecule has 2 aromatic rings. The Kier molecular flexibility index (Phi) is 4.54. The fourth-order valence-corrected chi connectivity index (χ4v) is 4.61. The molecule has 1 aromatic carbocycles. The van der Waals surface area contributed by atoms with E-state index in [4.69, 9.17) is 0 Å². The summed E-state index contributed by atoms with van der Waals surface area (Å²) in [6.07, 6.45) is 3.27. The predicted octanol–water partition coefficient (Wildman–Crippen LogP) is 3.12. The summed E-state index contributed by atoms with van der Waals surface area (Å²) in [5.74, 6) is -0.918. The van der Waals surface area contributed by atoms with Crippen LogP contribution < -0.4 is 5.32 Å². The topological polar surface area (TPSA) is 75.8 Å². The van der Waals surface area contributed by atoms with Crippen LogP contribution in [0.25, 0.3) is 10.9 Å². The number of hydrogen-bond donors (Lipinski definition) is 1. The van der Waals surface area contributed by atoms with Gasteiger partial charge < -0.3 is 9.88 Å². The van der Waals surface area contributed by atoms with Crippen LogP contribution in [0.15, 0.2) is 55.4 Å². The van der Waals surface area contributed by atoms with Crippen molar-refractivity contribution in [2.24, 2.45) is 15.9 Å². The van der Waals surface area contributed by atoms with Crippen LogP contribution in [0.5, 0.6) is 0 Å². The van der Waals surface area contributed by atoms with Gasteiger partial charge in [0, 0.05) is 29.3 Å². The highest BCUT2D eigenvalue weighted by Gasteiger charge is 2.38. The largest absolute Gasteiger partial charge is 0.350 e. The molecule has 8 heteroatoms. The number of benzene rings is 1. The van der Waals surface area contributed by atoms with Crippen LogP contribution in [0.2, 0.25) is 0 Å². The van der Waals surface area contributed by atoms with Crippen LogP contribution >= 0.6 is 27.7 Å². The molecule has 1 unspecified atom stereocenters. The molecule has 26 heavy (non-hydrogen) atoms. The Bertz CT molecular complexity index is 1020. The lowest BCUT2D eigenvalue weighted by atomic mass is 10.00. The molecule has 3 heterocycles. The minimum absolute atomic E-state index is 0.171. The van der Waals surface area contributed by atoms with E-state index in [-0.39, 0.29) is 11.8 Å². The normalized spacial score (nSPS) is 19.1. The second kappa shape index (κ2) is 6.85. The number of nitrogens with one attached hydrogen (secondary N) is 1. The number of amides is 2. The summed E-state index contributed by atoms with van der Waals surface area (Å²) in [7, 11) is 0. The van der Waals surface area contributed by atoms with E-state index in [2.05, 4.69) is 54.0 Å². The van der Waals surface area contributed by atoms with Gasteiger partial charge in [0.15, 0.2) is 0 Å². The standard InChI is InChI=1S/C18H15BrN4O2S/c1-10-14-16(24)21-9-22-18(14)26-15(10)17(25)20-5-7-23-6-4-11-2-3-12(19)8-13(11)23/h2-4,6,8-9,14H,5,7H2,1H3,(H,20,25). The van der Waals surface area contributed by atoms with E-state index >= 15 is 0 Å². The van der Waals surface area contributed by atoms with Gasteiger partial charge in [-0.3, -0.25) is 9.59 Å². The summed E-state index contributed by atoms with van der Waals surface area (Å²) in [5, 5.41) is 4.73. The summed E-state index contributed by atoms with van der Waals surface area (Å²) >= 11 is 4.75. The summed E-state index contributed by atoms with van der Waals surface area (Å²) in [6, 6.07) is 8.18. The van der Waals surface area contributed by atoms with Crippen molar-refractivity contribution >= 4 is 61.8 Å². The van der Waals surface area contributed by atoms with E-state index in [0.29, 0.717) is 23.0 Å².